The quantitative estimate of drug-likeness (QED) is 0.469. The number of esters is 1. The third-order valence-electron chi connectivity index (χ3n) is 3.61. The van der Waals surface area contributed by atoms with Gasteiger partial charge in [-0.15, -0.1) is 0 Å². The Kier molecular flexibility index (Phi) is 8.57. The lowest BCUT2D eigenvalue weighted by Crippen LogP contribution is -2.27. The Labute approximate surface area is 173 Å². The van der Waals surface area contributed by atoms with Crippen molar-refractivity contribution in [2.24, 2.45) is 0 Å². The van der Waals surface area contributed by atoms with Crippen LogP contribution < -0.4 is 10.1 Å². The van der Waals surface area contributed by atoms with Gasteiger partial charge in [-0.2, -0.15) is 0 Å². The van der Waals surface area contributed by atoms with Gasteiger partial charge in [-0.1, -0.05) is 23.2 Å². The molecule has 1 amide bonds. The first-order valence-electron chi connectivity index (χ1n) is 8.68. The van der Waals surface area contributed by atoms with Crippen LogP contribution in [-0.4, -0.2) is 37.8 Å². The summed E-state index contributed by atoms with van der Waals surface area (Å²) in [5.41, 5.74) is 0.818. The number of anilines is 1. The largest absolute Gasteiger partial charge is 0.479 e. The molecule has 0 bridgehead atoms. The van der Waals surface area contributed by atoms with E-state index in [0.29, 0.717) is 40.3 Å². The first-order chi connectivity index (χ1) is 13.4. The van der Waals surface area contributed by atoms with Crippen molar-refractivity contribution < 1.29 is 23.8 Å². The number of hydrogen-bond acceptors (Lipinski definition) is 5. The van der Waals surface area contributed by atoms with Crippen LogP contribution in [0.25, 0.3) is 0 Å². The van der Waals surface area contributed by atoms with Crippen molar-refractivity contribution in [2.75, 3.05) is 25.1 Å². The van der Waals surface area contributed by atoms with Crippen molar-refractivity contribution in [2.45, 2.75) is 20.0 Å². The molecule has 0 heterocycles. The van der Waals surface area contributed by atoms with Gasteiger partial charge in [0.1, 0.15) is 12.4 Å². The minimum atomic E-state index is -0.786. The highest BCUT2D eigenvalue weighted by Gasteiger charge is 2.16. The number of hydrogen-bond donors (Lipinski definition) is 1. The highest BCUT2D eigenvalue weighted by molar-refractivity contribution is 6.35. The van der Waals surface area contributed by atoms with Gasteiger partial charge in [0.05, 0.1) is 17.3 Å². The predicted molar refractivity (Wildman–Crippen MR) is 108 cm³/mol. The molecule has 1 atom stereocenters. The number of nitrogens with one attached hydrogen (secondary N) is 1. The van der Waals surface area contributed by atoms with E-state index < -0.39 is 12.1 Å². The number of carbonyl (C=O) groups excluding carboxylic acids is 2. The zero-order valence-corrected chi connectivity index (χ0v) is 17.0. The van der Waals surface area contributed by atoms with Crippen LogP contribution in [0, 0.1) is 0 Å². The lowest BCUT2D eigenvalue weighted by atomic mass is 10.2. The number of benzene rings is 2. The number of halogens is 2. The molecule has 0 aromatic heterocycles. The normalized spacial score (nSPS) is 11.6. The molecule has 150 valence electrons. The van der Waals surface area contributed by atoms with Crippen LogP contribution in [0.5, 0.6) is 5.75 Å². The van der Waals surface area contributed by atoms with Crippen LogP contribution in [0.4, 0.5) is 5.69 Å². The van der Waals surface area contributed by atoms with Gasteiger partial charge >= 0.3 is 5.97 Å². The summed E-state index contributed by atoms with van der Waals surface area (Å²) >= 11 is 12.0. The van der Waals surface area contributed by atoms with Crippen molar-refractivity contribution in [3.05, 3.63) is 58.1 Å². The summed E-state index contributed by atoms with van der Waals surface area (Å²) in [6.45, 7) is 4.53. The van der Waals surface area contributed by atoms with Crippen LogP contribution in [-0.2, 0) is 14.3 Å². The van der Waals surface area contributed by atoms with Gasteiger partial charge in [-0.05, 0) is 56.3 Å². The third kappa shape index (κ3) is 6.71. The van der Waals surface area contributed by atoms with E-state index in [4.69, 9.17) is 37.4 Å². The van der Waals surface area contributed by atoms with Crippen LogP contribution in [0.15, 0.2) is 42.5 Å². The average molecular weight is 426 g/mol. The summed E-state index contributed by atoms with van der Waals surface area (Å²) in [7, 11) is 0. The molecule has 6 nitrogen and oxygen atoms in total. The molecular formula is C20H21Cl2NO5. The lowest BCUT2D eigenvalue weighted by Gasteiger charge is -2.14. The van der Waals surface area contributed by atoms with Crippen molar-refractivity contribution >= 4 is 40.8 Å². The van der Waals surface area contributed by atoms with Crippen molar-refractivity contribution in [1.29, 1.82) is 0 Å². The number of amides is 1. The Balaban J connectivity index is 1.90. The molecule has 0 saturated carbocycles. The molecule has 0 spiro atoms. The maximum atomic E-state index is 12.4. The summed E-state index contributed by atoms with van der Waals surface area (Å²) in [6.07, 6.45) is -0.786. The van der Waals surface area contributed by atoms with E-state index in [-0.39, 0.29) is 12.5 Å². The second kappa shape index (κ2) is 10.9. The van der Waals surface area contributed by atoms with Gasteiger partial charge in [-0.25, -0.2) is 4.79 Å². The summed E-state index contributed by atoms with van der Waals surface area (Å²) in [5.74, 6) is -0.400. The van der Waals surface area contributed by atoms with Crippen molar-refractivity contribution in [3.63, 3.8) is 0 Å². The van der Waals surface area contributed by atoms with Gasteiger partial charge in [0.15, 0.2) is 6.10 Å². The Morgan fingerprint density at radius 1 is 1.07 bits per heavy atom. The zero-order valence-electron chi connectivity index (χ0n) is 15.5. The molecule has 0 saturated heterocycles. The zero-order chi connectivity index (χ0) is 20.5. The molecule has 2 rings (SSSR count). The number of rotatable bonds is 9. The van der Waals surface area contributed by atoms with Gasteiger partial charge in [0.2, 0.25) is 0 Å². The first-order valence-corrected chi connectivity index (χ1v) is 9.43. The second-order valence-corrected chi connectivity index (χ2v) is 6.57. The molecule has 0 aliphatic rings. The van der Waals surface area contributed by atoms with E-state index in [1.54, 1.807) is 49.4 Å². The van der Waals surface area contributed by atoms with E-state index in [9.17, 15) is 9.59 Å². The van der Waals surface area contributed by atoms with Crippen LogP contribution >= 0.6 is 23.2 Å². The van der Waals surface area contributed by atoms with Crippen molar-refractivity contribution in [3.8, 4) is 5.75 Å². The second-order valence-electron chi connectivity index (χ2n) is 5.73. The highest BCUT2D eigenvalue weighted by Crippen LogP contribution is 2.26. The maximum Gasteiger partial charge on any atom is 0.347 e. The van der Waals surface area contributed by atoms with E-state index in [1.807, 2.05) is 6.92 Å². The van der Waals surface area contributed by atoms with Gasteiger partial charge in [-0.3, -0.25) is 4.79 Å². The van der Waals surface area contributed by atoms with Crippen molar-refractivity contribution in [1.82, 2.24) is 0 Å². The third-order valence-corrected chi connectivity index (χ3v) is 4.18. The number of carbonyl (C=O) groups is 2. The standard InChI is InChI=1S/C20H21Cl2NO5/c1-3-26-10-11-27-20(25)13(2)28-16-7-4-14(5-8-16)19(24)23-18-12-15(21)6-9-17(18)22/h4-9,12-13H,3,10-11H2,1-2H3,(H,23,24). The average Bonchev–Trinajstić information content (AvgIpc) is 2.68. The van der Waals surface area contributed by atoms with Gasteiger partial charge in [0, 0.05) is 17.2 Å². The topological polar surface area (TPSA) is 73.9 Å². The molecule has 0 fully saturated rings. The Bertz CT molecular complexity index is 811. The van der Waals surface area contributed by atoms with E-state index >= 15 is 0 Å². The molecule has 0 radical (unpaired) electrons. The number of ether oxygens (including phenoxy) is 3. The molecule has 1 unspecified atom stereocenters. The molecule has 0 aliphatic carbocycles. The molecular weight excluding hydrogens is 405 g/mol. The predicted octanol–water partition coefficient (Wildman–Crippen LogP) is 4.59. The minimum absolute atomic E-state index is 0.172. The monoisotopic (exact) mass is 425 g/mol. The molecule has 1 N–H and O–H groups in total. The van der Waals surface area contributed by atoms with Crippen LogP contribution in [0.2, 0.25) is 10.0 Å². The van der Waals surface area contributed by atoms with Gasteiger partial charge < -0.3 is 19.5 Å². The van der Waals surface area contributed by atoms with E-state index in [2.05, 4.69) is 5.32 Å². The lowest BCUT2D eigenvalue weighted by molar-refractivity contribution is -0.152. The molecule has 2 aromatic carbocycles. The minimum Gasteiger partial charge on any atom is -0.479 e. The smallest absolute Gasteiger partial charge is 0.347 e. The van der Waals surface area contributed by atoms with Gasteiger partial charge in [0.25, 0.3) is 5.91 Å². The molecule has 8 heteroatoms. The highest BCUT2D eigenvalue weighted by atomic mass is 35.5. The molecule has 2 aromatic rings. The first kappa shape index (κ1) is 22.0. The molecule has 0 aliphatic heterocycles. The van der Waals surface area contributed by atoms with Crippen LogP contribution in [0.1, 0.15) is 24.2 Å². The fourth-order valence-corrected chi connectivity index (χ4v) is 2.52. The molecule has 28 heavy (non-hydrogen) atoms. The van der Waals surface area contributed by atoms with E-state index in [1.165, 1.54) is 0 Å². The fraction of sp³-hybridized carbons (Fsp3) is 0.300. The SMILES string of the molecule is CCOCCOC(=O)C(C)Oc1ccc(C(=O)Nc2cc(Cl)ccc2Cl)cc1. The fourth-order valence-electron chi connectivity index (χ4n) is 2.19. The summed E-state index contributed by atoms with van der Waals surface area (Å²) < 4.78 is 15.7. The van der Waals surface area contributed by atoms with E-state index in [0.717, 1.165) is 0 Å². The van der Waals surface area contributed by atoms with Crippen LogP contribution in [0.3, 0.4) is 0 Å². The summed E-state index contributed by atoms with van der Waals surface area (Å²) in [5, 5.41) is 3.54. The summed E-state index contributed by atoms with van der Waals surface area (Å²) in [4.78, 5) is 24.2. The Morgan fingerprint density at radius 2 is 1.79 bits per heavy atom. The summed E-state index contributed by atoms with van der Waals surface area (Å²) in [6, 6.07) is 11.2. The Hall–Kier alpha value is -2.28. The maximum absolute atomic E-state index is 12.4. The Morgan fingerprint density at radius 3 is 2.46 bits per heavy atom.